The van der Waals surface area contributed by atoms with Gasteiger partial charge in [-0.3, -0.25) is 4.79 Å². The van der Waals surface area contributed by atoms with Gasteiger partial charge in [-0.15, -0.1) is 0 Å². The van der Waals surface area contributed by atoms with Crippen molar-refractivity contribution in [1.82, 2.24) is 9.62 Å². The first-order chi connectivity index (χ1) is 14.5. The van der Waals surface area contributed by atoms with Gasteiger partial charge in [0.1, 0.15) is 6.61 Å². The van der Waals surface area contributed by atoms with E-state index in [-0.39, 0.29) is 17.4 Å². The third-order valence-electron chi connectivity index (χ3n) is 5.38. The molecule has 0 saturated carbocycles. The summed E-state index contributed by atoms with van der Waals surface area (Å²) in [7, 11) is -3.67. The van der Waals surface area contributed by atoms with Gasteiger partial charge >= 0.3 is 0 Å². The van der Waals surface area contributed by atoms with E-state index in [1.807, 2.05) is 35.2 Å². The lowest BCUT2D eigenvalue weighted by Crippen LogP contribution is -2.48. The van der Waals surface area contributed by atoms with E-state index in [4.69, 9.17) is 9.47 Å². The zero-order chi connectivity index (χ0) is 21.0. The minimum atomic E-state index is -3.67. The van der Waals surface area contributed by atoms with Crippen molar-refractivity contribution in [2.24, 2.45) is 0 Å². The predicted octanol–water partition coefficient (Wildman–Crippen LogP) is 2.36. The van der Waals surface area contributed by atoms with Crippen LogP contribution in [0.15, 0.2) is 53.4 Å². The Balaban J connectivity index is 1.38. The fourth-order valence-corrected chi connectivity index (χ4v) is 4.76. The van der Waals surface area contributed by atoms with E-state index in [0.717, 1.165) is 37.9 Å². The fourth-order valence-electron chi connectivity index (χ4n) is 3.72. The number of fused-ring (bicyclic) bond motifs is 1. The van der Waals surface area contributed by atoms with Crippen LogP contribution in [0.25, 0.3) is 0 Å². The number of likely N-dealkylation sites (tertiary alicyclic amines) is 1. The van der Waals surface area contributed by atoms with Gasteiger partial charge in [-0.05, 0) is 43.4 Å². The zero-order valence-corrected chi connectivity index (χ0v) is 17.6. The molecule has 0 radical (unpaired) electrons. The van der Waals surface area contributed by atoms with Gasteiger partial charge in [0.2, 0.25) is 16.1 Å². The lowest BCUT2D eigenvalue weighted by Gasteiger charge is -2.32. The number of rotatable bonds is 6. The van der Waals surface area contributed by atoms with Crippen molar-refractivity contribution in [3.05, 3.63) is 54.1 Å². The molecule has 2 aliphatic rings. The van der Waals surface area contributed by atoms with E-state index in [1.165, 1.54) is 12.1 Å². The van der Waals surface area contributed by atoms with Gasteiger partial charge in [0.15, 0.2) is 11.5 Å². The normalized spacial score (nSPS) is 18.8. The third-order valence-corrected chi connectivity index (χ3v) is 6.84. The van der Waals surface area contributed by atoms with Crippen LogP contribution in [0.2, 0.25) is 0 Å². The second-order valence-electron chi connectivity index (χ2n) is 7.55. The van der Waals surface area contributed by atoms with E-state index >= 15 is 0 Å². The molecule has 8 heteroatoms. The van der Waals surface area contributed by atoms with Crippen molar-refractivity contribution >= 4 is 15.9 Å². The summed E-state index contributed by atoms with van der Waals surface area (Å²) in [6.45, 7) is 1.87. The van der Waals surface area contributed by atoms with Crippen LogP contribution in [0.5, 0.6) is 11.5 Å². The maximum absolute atomic E-state index is 12.6. The number of ether oxygens (including phenoxy) is 2. The summed E-state index contributed by atoms with van der Waals surface area (Å²) in [6.07, 6.45) is 3.07. The molecule has 1 atom stereocenters. The van der Waals surface area contributed by atoms with Crippen LogP contribution in [0.4, 0.5) is 0 Å². The van der Waals surface area contributed by atoms with Gasteiger partial charge in [-0.2, -0.15) is 0 Å². The number of benzene rings is 2. The van der Waals surface area contributed by atoms with E-state index in [1.54, 1.807) is 6.07 Å². The number of hydrogen-bond acceptors (Lipinski definition) is 5. The standard InChI is InChI=1S/C22H26N2O5S/c25-22(24-13-5-2-6-14-24)21-16-28-20-15-18(9-10-19(20)29-21)30(26,27)23-12-11-17-7-3-1-4-8-17/h1,3-4,7-10,15,21,23H,2,5-6,11-14,16H2. The topological polar surface area (TPSA) is 84.9 Å². The van der Waals surface area contributed by atoms with Crippen molar-refractivity contribution in [1.29, 1.82) is 0 Å². The highest BCUT2D eigenvalue weighted by molar-refractivity contribution is 7.89. The summed E-state index contributed by atoms with van der Waals surface area (Å²) in [4.78, 5) is 14.6. The Morgan fingerprint density at radius 1 is 1.03 bits per heavy atom. The number of amides is 1. The lowest BCUT2D eigenvalue weighted by atomic mass is 10.1. The third kappa shape index (κ3) is 4.76. The van der Waals surface area contributed by atoms with Gasteiger partial charge in [0.05, 0.1) is 4.90 Å². The van der Waals surface area contributed by atoms with Crippen LogP contribution >= 0.6 is 0 Å². The number of hydrogen-bond donors (Lipinski definition) is 1. The molecule has 4 rings (SSSR count). The second-order valence-corrected chi connectivity index (χ2v) is 9.31. The molecule has 1 N–H and O–H groups in total. The quantitative estimate of drug-likeness (QED) is 0.761. The summed E-state index contributed by atoms with van der Waals surface area (Å²) < 4.78 is 39.4. The zero-order valence-electron chi connectivity index (χ0n) is 16.7. The van der Waals surface area contributed by atoms with Crippen LogP contribution in [0, 0.1) is 0 Å². The highest BCUT2D eigenvalue weighted by Crippen LogP contribution is 2.34. The summed E-state index contributed by atoms with van der Waals surface area (Å²) in [6, 6.07) is 14.2. The summed E-state index contributed by atoms with van der Waals surface area (Å²) in [5.41, 5.74) is 1.06. The first-order valence-corrected chi connectivity index (χ1v) is 11.8. The van der Waals surface area contributed by atoms with Crippen LogP contribution in [0.1, 0.15) is 24.8 Å². The van der Waals surface area contributed by atoms with Gasteiger partial charge in [-0.1, -0.05) is 30.3 Å². The van der Waals surface area contributed by atoms with Crippen LogP contribution in [0.3, 0.4) is 0 Å². The smallest absolute Gasteiger partial charge is 0.267 e. The van der Waals surface area contributed by atoms with Crippen LogP contribution in [-0.2, 0) is 21.2 Å². The summed E-state index contributed by atoms with van der Waals surface area (Å²) in [5, 5.41) is 0. The molecule has 0 bridgehead atoms. The Bertz CT molecular complexity index is 988. The molecule has 0 spiro atoms. The summed E-state index contributed by atoms with van der Waals surface area (Å²) >= 11 is 0. The highest BCUT2D eigenvalue weighted by Gasteiger charge is 2.32. The Morgan fingerprint density at radius 3 is 2.57 bits per heavy atom. The van der Waals surface area contributed by atoms with Gasteiger partial charge < -0.3 is 14.4 Å². The van der Waals surface area contributed by atoms with Crippen molar-refractivity contribution < 1.29 is 22.7 Å². The van der Waals surface area contributed by atoms with E-state index in [9.17, 15) is 13.2 Å². The minimum Gasteiger partial charge on any atom is -0.485 e. The lowest BCUT2D eigenvalue weighted by molar-refractivity contribution is -0.142. The number of carbonyl (C=O) groups excluding carboxylic acids is 1. The molecule has 0 aromatic heterocycles. The maximum Gasteiger partial charge on any atom is 0.267 e. The van der Waals surface area contributed by atoms with Gasteiger partial charge in [-0.25, -0.2) is 13.1 Å². The number of carbonyl (C=O) groups is 1. The van der Waals surface area contributed by atoms with E-state index in [0.29, 0.717) is 24.5 Å². The summed E-state index contributed by atoms with van der Waals surface area (Å²) in [5.74, 6) is 0.656. The van der Waals surface area contributed by atoms with Gasteiger partial charge in [0, 0.05) is 25.7 Å². The molecule has 1 amide bonds. The number of sulfonamides is 1. The first-order valence-electron chi connectivity index (χ1n) is 10.3. The largest absolute Gasteiger partial charge is 0.485 e. The highest BCUT2D eigenvalue weighted by atomic mass is 32.2. The molecular weight excluding hydrogens is 404 g/mol. The predicted molar refractivity (Wildman–Crippen MR) is 112 cm³/mol. The Kier molecular flexibility index (Phi) is 6.24. The first kappa shape index (κ1) is 20.7. The molecule has 2 aromatic carbocycles. The Hall–Kier alpha value is -2.58. The molecule has 2 aromatic rings. The molecule has 7 nitrogen and oxygen atoms in total. The monoisotopic (exact) mass is 430 g/mol. The SMILES string of the molecule is O=C(C1COc2cc(S(=O)(=O)NCCc3ccccc3)ccc2O1)N1CCCCC1. The van der Waals surface area contributed by atoms with Crippen molar-refractivity contribution in [3.63, 3.8) is 0 Å². The van der Waals surface area contributed by atoms with Crippen molar-refractivity contribution in [3.8, 4) is 11.5 Å². The average Bonchev–Trinajstić information content (AvgIpc) is 2.79. The second kappa shape index (κ2) is 9.06. The maximum atomic E-state index is 12.6. The van der Waals surface area contributed by atoms with Crippen molar-refractivity contribution in [2.75, 3.05) is 26.2 Å². The van der Waals surface area contributed by atoms with E-state index < -0.39 is 16.1 Å². The van der Waals surface area contributed by atoms with Crippen LogP contribution in [-0.4, -0.2) is 51.6 Å². The van der Waals surface area contributed by atoms with Gasteiger partial charge in [0.25, 0.3) is 5.91 Å². The Morgan fingerprint density at radius 2 is 1.80 bits per heavy atom. The molecule has 0 aliphatic carbocycles. The van der Waals surface area contributed by atoms with Crippen molar-refractivity contribution in [2.45, 2.75) is 36.7 Å². The molecule has 1 saturated heterocycles. The molecule has 2 heterocycles. The molecular formula is C22H26N2O5S. The molecule has 2 aliphatic heterocycles. The number of nitrogens with one attached hydrogen (secondary N) is 1. The average molecular weight is 431 g/mol. The number of piperidine rings is 1. The Labute approximate surface area is 177 Å². The van der Waals surface area contributed by atoms with Crippen LogP contribution < -0.4 is 14.2 Å². The number of nitrogens with zero attached hydrogens (tertiary/aromatic N) is 1. The molecule has 1 fully saturated rings. The molecule has 1 unspecified atom stereocenters. The molecule has 30 heavy (non-hydrogen) atoms. The fraction of sp³-hybridized carbons (Fsp3) is 0.409. The molecule has 160 valence electrons. The minimum absolute atomic E-state index is 0.0698. The van der Waals surface area contributed by atoms with E-state index in [2.05, 4.69) is 4.72 Å².